The van der Waals surface area contributed by atoms with Gasteiger partial charge < -0.3 is 20.3 Å². The average Bonchev–Trinajstić information content (AvgIpc) is 2.73. The smallest absolute Gasteiger partial charge is 0.288 e. The first kappa shape index (κ1) is 18.1. The SMILES string of the molecule is CNC(=O)c1ncc(N2CCN(Cc3cc4c(cn3)OCC(=O)N4)CC2)cn1. The standard InChI is InChI=1S/C18H21N7O3/c1-19-18(27)17-21-7-13(8-22-17)25-4-2-24(3-5-25)10-12-6-14-15(9-20-12)28-11-16(26)23-14/h6-9H,2-5,10-11H2,1H3,(H,19,27)(H,23,26). The number of anilines is 2. The van der Waals surface area contributed by atoms with Crippen LogP contribution in [0.4, 0.5) is 11.4 Å². The summed E-state index contributed by atoms with van der Waals surface area (Å²) in [6, 6.07) is 1.87. The fourth-order valence-electron chi connectivity index (χ4n) is 3.22. The first-order valence-corrected chi connectivity index (χ1v) is 9.05. The van der Waals surface area contributed by atoms with Gasteiger partial charge in [0.05, 0.1) is 35.7 Å². The highest BCUT2D eigenvalue weighted by molar-refractivity contribution is 5.95. The molecule has 0 aliphatic carbocycles. The lowest BCUT2D eigenvalue weighted by molar-refractivity contribution is -0.118. The molecule has 1 saturated heterocycles. The molecule has 146 valence electrons. The summed E-state index contributed by atoms with van der Waals surface area (Å²) in [6.07, 6.45) is 5.02. The van der Waals surface area contributed by atoms with Gasteiger partial charge in [0.25, 0.3) is 11.8 Å². The van der Waals surface area contributed by atoms with Crippen molar-refractivity contribution in [3.05, 3.63) is 36.2 Å². The van der Waals surface area contributed by atoms with E-state index in [0.29, 0.717) is 18.0 Å². The van der Waals surface area contributed by atoms with Crippen LogP contribution in [-0.4, -0.2) is 71.5 Å². The van der Waals surface area contributed by atoms with Gasteiger partial charge >= 0.3 is 0 Å². The number of nitrogens with one attached hydrogen (secondary N) is 2. The predicted octanol–water partition coefficient (Wildman–Crippen LogP) is -0.116. The Balaban J connectivity index is 1.34. The Kier molecular flexibility index (Phi) is 5.02. The van der Waals surface area contributed by atoms with E-state index in [-0.39, 0.29) is 24.2 Å². The summed E-state index contributed by atoms with van der Waals surface area (Å²) in [6.45, 7) is 4.10. The molecule has 0 bridgehead atoms. The topological polar surface area (TPSA) is 113 Å². The lowest BCUT2D eigenvalue weighted by atomic mass is 10.2. The minimum Gasteiger partial charge on any atom is -0.480 e. The molecule has 0 unspecified atom stereocenters. The molecule has 10 heteroatoms. The molecule has 2 N–H and O–H groups in total. The Hall–Kier alpha value is -3.27. The molecule has 0 spiro atoms. The van der Waals surface area contributed by atoms with E-state index in [1.165, 1.54) is 0 Å². The van der Waals surface area contributed by atoms with E-state index >= 15 is 0 Å². The summed E-state index contributed by atoms with van der Waals surface area (Å²) in [5.41, 5.74) is 2.46. The van der Waals surface area contributed by atoms with Gasteiger partial charge in [0.15, 0.2) is 12.4 Å². The third-order valence-corrected chi connectivity index (χ3v) is 4.75. The molecule has 0 radical (unpaired) electrons. The molecule has 0 saturated carbocycles. The summed E-state index contributed by atoms with van der Waals surface area (Å²) in [4.78, 5) is 40.2. The highest BCUT2D eigenvalue weighted by atomic mass is 16.5. The molecular formula is C18H21N7O3. The van der Waals surface area contributed by atoms with E-state index in [0.717, 1.165) is 37.6 Å². The van der Waals surface area contributed by atoms with Gasteiger partial charge in [0.2, 0.25) is 5.82 Å². The first-order chi connectivity index (χ1) is 13.6. The monoisotopic (exact) mass is 383 g/mol. The van der Waals surface area contributed by atoms with Crippen LogP contribution >= 0.6 is 0 Å². The number of hydrogen-bond donors (Lipinski definition) is 2. The van der Waals surface area contributed by atoms with E-state index in [1.807, 2.05) is 6.07 Å². The van der Waals surface area contributed by atoms with Crippen LogP contribution in [0.15, 0.2) is 24.7 Å². The largest absolute Gasteiger partial charge is 0.480 e. The molecular weight excluding hydrogens is 362 g/mol. The lowest BCUT2D eigenvalue weighted by Crippen LogP contribution is -2.46. The molecule has 2 aliphatic heterocycles. The quantitative estimate of drug-likeness (QED) is 0.752. The van der Waals surface area contributed by atoms with Gasteiger partial charge in [0.1, 0.15) is 0 Å². The van der Waals surface area contributed by atoms with Crippen LogP contribution in [0.1, 0.15) is 16.3 Å². The number of fused-ring (bicyclic) bond motifs is 1. The van der Waals surface area contributed by atoms with Crippen molar-refractivity contribution in [3.8, 4) is 5.75 Å². The summed E-state index contributed by atoms with van der Waals surface area (Å²) in [5, 5.41) is 5.32. The van der Waals surface area contributed by atoms with Crippen molar-refractivity contribution in [2.45, 2.75) is 6.54 Å². The zero-order valence-corrected chi connectivity index (χ0v) is 15.5. The van der Waals surface area contributed by atoms with Crippen molar-refractivity contribution < 1.29 is 14.3 Å². The average molecular weight is 383 g/mol. The predicted molar refractivity (Wildman–Crippen MR) is 101 cm³/mol. The number of rotatable bonds is 4. The number of piperazine rings is 1. The molecule has 4 heterocycles. The zero-order valence-electron chi connectivity index (χ0n) is 15.5. The van der Waals surface area contributed by atoms with Crippen LogP contribution in [0.2, 0.25) is 0 Å². The molecule has 1 fully saturated rings. The number of nitrogens with zero attached hydrogens (tertiary/aromatic N) is 5. The van der Waals surface area contributed by atoms with Crippen LogP contribution < -0.4 is 20.3 Å². The Labute approximate surface area is 161 Å². The number of amides is 2. The maximum Gasteiger partial charge on any atom is 0.288 e. The number of pyridine rings is 1. The van der Waals surface area contributed by atoms with Crippen molar-refractivity contribution >= 4 is 23.2 Å². The molecule has 28 heavy (non-hydrogen) atoms. The van der Waals surface area contributed by atoms with Gasteiger partial charge in [-0.3, -0.25) is 19.5 Å². The third kappa shape index (κ3) is 3.86. The van der Waals surface area contributed by atoms with E-state index in [9.17, 15) is 9.59 Å². The van der Waals surface area contributed by atoms with E-state index in [2.05, 4.69) is 35.4 Å². The van der Waals surface area contributed by atoms with Crippen molar-refractivity contribution in [1.29, 1.82) is 0 Å². The molecule has 2 aliphatic rings. The lowest BCUT2D eigenvalue weighted by Gasteiger charge is -2.35. The molecule has 10 nitrogen and oxygen atoms in total. The van der Waals surface area contributed by atoms with E-state index < -0.39 is 0 Å². The zero-order chi connectivity index (χ0) is 19.5. The number of hydrogen-bond acceptors (Lipinski definition) is 8. The van der Waals surface area contributed by atoms with Crippen LogP contribution in [0.25, 0.3) is 0 Å². The van der Waals surface area contributed by atoms with E-state index in [4.69, 9.17) is 4.74 Å². The van der Waals surface area contributed by atoms with Crippen LogP contribution in [0.3, 0.4) is 0 Å². The summed E-state index contributed by atoms with van der Waals surface area (Å²) in [5.74, 6) is 0.325. The third-order valence-electron chi connectivity index (χ3n) is 4.75. The van der Waals surface area contributed by atoms with Crippen molar-refractivity contribution in [2.24, 2.45) is 0 Å². The number of aromatic nitrogens is 3. The second-order valence-corrected chi connectivity index (χ2v) is 6.62. The minimum absolute atomic E-state index is 0.0315. The summed E-state index contributed by atoms with van der Waals surface area (Å²) < 4.78 is 5.34. The Bertz CT molecular complexity index is 879. The molecule has 2 aromatic rings. The number of ether oxygens (including phenoxy) is 1. The number of carbonyl (C=O) groups excluding carboxylic acids is 2. The van der Waals surface area contributed by atoms with E-state index in [1.54, 1.807) is 25.6 Å². The van der Waals surface area contributed by atoms with Crippen molar-refractivity contribution in [3.63, 3.8) is 0 Å². The molecule has 0 aromatic carbocycles. The van der Waals surface area contributed by atoms with Crippen LogP contribution in [0, 0.1) is 0 Å². The minimum atomic E-state index is -0.296. The van der Waals surface area contributed by atoms with Crippen LogP contribution in [-0.2, 0) is 11.3 Å². The second-order valence-electron chi connectivity index (χ2n) is 6.62. The maximum atomic E-state index is 11.5. The normalized spacial score (nSPS) is 16.8. The number of carbonyl (C=O) groups is 2. The van der Waals surface area contributed by atoms with Gasteiger partial charge in [-0.25, -0.2) is 9.97 Å². The van der Waals surface area contributed by atoms with Crippen molar-refractivity contribution in [2.75, 3.05) is 50.1 Å². The van der Waals surface area contributed by atoms with Gasteiger partial charge in [-0.15, -0.1) is 0 Å². The summed E-state index contributed by atoms with van der Waals surface area (Å²) in [7, 11) is 1.55. The van der Waals surface area contributed by atoms with Crippen LogP contribution in [0.5, 0.6) is 5.75 Å². The van der Waals surface area contributed by atoms with Crippen molar-refractivity contribution in [1.82, 2.24) is 25.2 Å². The highest BCUT2D eigenvalue weighted by Gasteiger charge is 2.21. The second kappa shape index (κ2) is 7.77. The highest BCUT2D eigenvalue weighted by Crippen LogP contribution is 2.27. The van der Waals surface area contributed by atoms with Gasteiger partial charge in [-0.05, 0) is 6.07 Å². The maximum absolute atomic E-state index is 11.5. The molecule has 0 atom stereocenters. The van der Waals surface area contributed by atoms with Gasteiger partial charge in [-0.1, -0.05) is 0 Å². The fraction of sp³-hybridized carbons (Fsp3) is 0.389. The first-order valence-electron chi connectivity index (χ1n) is 9.05. The Morgan fingerprint density at radius 1 is 1.18 bits per heavy atom. The Morgan fingerprint density at radius 2 is 1.93 bits per heavy atom. The fourth-order valence-corrected chi connectivity index (χ4v) is 3.22. The summed E-state index contributed by atoms with van der Waals surface area (Å²) >= 11 is 0. The van der Waals surface area contributed by atoms with Gasteiger partial charge in [-0.2, -0.15) is 0 Å². The molecule has 4 rings (SSSR count). The Morgan fingerprint density at radius 3 is 2.64 bits per heavy atom. The molecule has 2 amide bonds. The molecule has 2 aromatic heterocycles. The van der Waals surface area contributed by atoms with Gasteiger partial charge in [0, 0.05) is 39.8 Å².